The molecule has 1 aliphatic carbocycles. The van der Waals surface area contributed by atoms with Crippen LogP contribution in [0.1, 0.15) is 30.4 Å². The predicted molar refractivity (Wildman–Crippen MR) is 49.2 cm³/mol. The van der Waals surface area contributed by atoms with Gasteiger partial charge in [0.2, 0.25) is 0 Å². The number of aliphatic hydroxyl groups is 1. The van der Waals surface area contributed by atoms with E-state index in [1.165, 1.54) is 11.1 Å². The Morgan fingerprint density at radius 1 is 1.33 bits per heavy atom. The second-order valence-electron chi connectivity index (χ2n) is 3.59. The Kier molecular flexibility index (Phi) is 1.89. The van der Waals surface area contributed by atoms with Crippen LogP contribution in [0.4, 0.5) is 0 Å². The van der Waals surface area contributed by atoms with E-state index < -0.39 is 0 Å². The summed E-state index contributed by atoms with van der Waals surface area (Å²) in [4.78, 5) is 0. The minimum atomic E-state index is -0.139. The van der Waals surface area contributed by atoms with Gasteiger partial charge in [-0.3, -0.25) is 0 Å². The van der Waals surface area contributed by atoms with Crippen LogP contribution in [0.5, 0.6) is 0 Å². The van der Waals surface area contributed by atoms with Crippen LogP contribution in [0.3, 0.4) is 0 Å². The molecular formula is C11H14O. The zero-order chi connectivity index (χ0) is 8.55. The van der Waals surface area contributed by atoms with Gasteiger partial charge in [0.25, 0.3) is 0 Å². The molecule has 1 nitrogen and oxygen atoms in total. The molecule has 1 unspecified atom stereocenters. The fourth-order valence-electron chi connectivity index (χ4n) is 1.97. The maximum absolute atomic E-state index is 9.62. The molecule has 1 aromatic rings. The smallest absolute Gasteiger partial charge is 0.0609 e. The van der Waals surface area contributed by atoms with Gasteiger partial charge in [0.15, 0.2) is 0 Å². The fourth-order valence-corrected chi connectivity index (χ4v) is 1.97. The Bertz CT molecular complexity index is 280. The quantitative estimate of drug-likeness (QED) is 0.619. The number of benzene rings is 1. The molecule has 0 aliphatic heterocycles. The number of hydrogen-bond acceptors (Lipinski definition) is 1. The van der Waals surface area contributed by atoms with Gasteiger partial charge in [-0.15, -0.1) is 0 Å². The summed E-state index contributed by atoms with van der Waals surface area (Å²) < 4.78 is 0. The van der Waals surface area contributed by atoms with E-state index in [0.29, 0.717) is 5.92 Å². The number of aliphatic hydroxyl groups excluding tert-OH is 1. The molecule has 0 amide bonds. The normalized spacial score (nSPS) is 28.2. The highest BCUT2D eigenvalue weighted by atomic mass is 16.3. The summed E-state index contributed by atoms with van der Waals surface area (Å²) in [5.41, 5.74) is 2.74. The van der Waals surface area contributed by atoms with E-state index in [2.05, 4.69) is 25.1 Å². The number of aryl methyl sites for hydroxylation is 1. The van der Waals surface area contributed by atoms with Crippen molar-refractivity contribution in [2.45, 2.75) is 31.8 Å². The van der Waals surface area contributed by atoms with E-state index in [0.717, 1.165) is 12.8 Å². The summed E-state index contributed by atoms with van der Waals surface area (Å²) in [7, 11) is 0. The third kappa shape index (κ3) is 1.14. The Morgan fingerprint density at radius 3 is 2.92 bits per heavy atom. The molecule has 0 spiro atoms. The van der Waals surface area contributed by atoms with Crippen LogP contribution in [-0.2, 0) is 6.42 Å². The molecule has 2 atom stereocenters. The lowest BCUT2D eigenvalue weighted by Gasteiger charge is -2.27. The van der Waals surface area contributed by atoms with Crippen LogP contribution in [0.15, 0.2) is 24.3 Å². The SMILES string of the molecule is CC1c2ccccc2CC[C@H]1O. The summed E-state index contributed by atoms with van der Waals surface area (Å²) in [6, 6.07) is 8.41. The Morgan fingerprint density at radius 2 is 2.08 bits per heavy atom. The summed E-state index contributed by atoms with van der Waals surface area (Å²) in [6.07, 6.45) is 1.81. The van der Waals surface area contributed by atoms with Crippen molar-refractivity contribution in [2.24, 2.45) is 0 Å². The van der Waals surface area contributed by atoms with Crippen LogP contribution in [0.25, 0.3) is 0 Å². The van der Waals surface area contributed by atoms with Gasteiger partial charge in [0.1, 0.15) is 0 Å². The Balaban J connectivity index is 2.42. The molecule has 1 aromatic carbocycles. The lowest BCUT2D eigenvalue weighted by molar-refractivity contribution is 0.132. The van der Waals surface area contributed by atoms with Crippen LogP contribution < -0.4 is 0 Å². The molecule has 0 saturated carbocycles. The van der Waals surface area contributed by atoms with E-state index >= 15 is 0 Å². The van der Waals surface area contributed by atoms with E-state index in [9.17, 15) is 5.11 Å². The van der Waals surface area contributed by atoms with Gasteiger partial charge in [-0.25, -0.2) is 0 Å². The fraction of sp³-hybridized carbons (Fsp3) is 0.455. The first-order chi connectivity index (χ1) is 5.79. The average molecular weight is 162 g/mol. The summed E-state index contributed by atoms with van der Waals surface area (Å²) in [5, 5.41) is 9.62. The minimum absolute atomic E-state index is 0.139. The van der Waals surface area contributed by atoms with Crippen molar-refractivity contribution >= 4 is 0 Å². The molecule has 1 N–H and O–H groups in total. The maximum Gasteiger partial charge on any atom is 0.0609 e. The highest BCUT2D eigenvalue weighted by Crippen LogP contribution is 2.30. The van der Waals surface area contributed by atoms with Gasteiger partial charge in [-0.05, 0) is 24.0 Å². The molecule has 2 rings (SSSR count). The molecule has 0 fully saturated rings. The topological polar surface area (TPSA) is 20.2 Å². The van der Waals surface area contributed by atoms with Crippen LogP contribution in [0, 0.1) is 0 Å². The Labute approximate surface area is 73.0 Å². The highest BCUT2D eigenvalue weighted by Gasteiger charge is 2.23. The number of fused-ring (bicyclic) bond motifs is 1. The molecule has 1 aliphatic rings. The summed E-state index contributed by atoms with van der Waals surface area (Å²) in [5.74, 6) is 0.315. The highest BCUT2D eigenvalue weighted by molar-refractivity contribution is 5.33. The van der Waals surface area contributed by atoms with E-state index in [1.807, 2.05) is 6.07 Å². The first-order valence-corrected chi connectivity index (χ1v) is 4.55. The molecule has 0 bridgehead atoms. The molecule has 1 heteroatoms. The molecule has 0 saturated heterocycles. The van der Waals surface area contributed by atoms with Crippen molar-refractivity contribution in [2.75, 3.05) is 0 Å². The standard InChI is InChI=1S/C11H14O/c1-8-10-5-3-2-4-9(10)6-7-11(8)12/h2-5,8,11-12H,6-7H2,1H3/t8?,11-/m1/s1. The van der Waals surface area contributed by atoms with Gasteiger partial charge in [-0.1, -0.05) is 31.2 Å². The largest absolute Gasteiger partial charge is 0.392 e. The third-order valence-corrected chi connectivity index (χ3v) is 2.83. The van der Waals surface area contributed by atoms with E-state index in [1.54, 1.807) is 0 Å². The molecular weight excluding hydrogens is 148 g/mol. The number of hydrogen-bond donors (Lipinski definition) is 1. The van der Waals surface area contributed by atoms with Gasteiger partial charge in [0, 0.05) is 5.92 Å². The molecule has 0 radical (unpaired) electrons. The van der Waals surface area contributed by atoms with Crippen LogP contribution in [0.2, 0.25) is 0 Å². The second kappa shape index (κ2) is 2.91. The number of rotatable bonds is 0. The summed E-state index contributed by atoms with van der Waals surface area (Å²) in [6.45, 7) is 2.10. The van der Waals surface area contributed by atoms with Gasteiger partial charge < -0.3 is 5.11 Å². The third-order valence-electron chi connectivity index (χ3n) is 2.83. The molecule has 64 valence electrons. The van der Waals surface area contributed by atoms with E-state index in [-0.39, 0.29) is 6.10 Å². The van der Waals surface area contributed by atoms with E-state index in [4.69, 9.17) is 0 Å². The van der Waals surface area contributed by atoms with Crippen molar-refractivity contribution in [1.29, 1.82) is 0 Å². The van der Waals surface area contributed by atoms with Crippen molar-refractivity contribution < 1.29 is 5.11 Å². The lowest BCUT2D eigenvalue weighted by Crippen LogP contribution is -2.22. The van der Waals surface area contributed by atoms with Crippen molar-refractivity contribution in [3.05, 3.63) is 35.4 Å². The monoisotopic (exact) mass is 162 g/mol. The Hall–Kier alpha value is -0.820. The molecule has 0 heterocycles. The second-order valence-corrected chi connectivity index (χ2v) is 3.59. The van der Waals surface area contributed by atoms with Gasteiger partial charge >= 0.3 is 0 Å². The zero-order valence-corrected chi connectivity index (χ0v) is 7.33. The van der Waals surface area contributed by atoms with Crippen LogP contribution >= 0.6 is 0 Å². The van der Waals surface area contributed by atoms with Crippen molar-refractivity contribution in [3.63, 3.8) is 0 Å². The zero-order valence-electron chi connectivity index (χ0n) is 7.33. The predicted octanol–water partition coefficient (Wildman–Crippen LogP) is 2.10. The molecule has 12 heavy (non-hydrogen) atoms. The first kappa shape index (κ1) is 7.81. The summed E-state index contributed by atoms with van der Waals surface area (Å²) >= 11 is 0. The van der Waals surface area contributed by atoms with Gasteiger partial charge in [0.05, 0.1) is 6.10 Å². The van der Waals surface area contributed by atoms with Crippen molar-refractivity contribution in [1.82, 2.24) is 0 Å². The minimum Gasteiger partial charge on any atom is -0.392 e. The lowest BCUT2D eigenvalue weighted by atomic mass is 9.82. The van der Waals surface area contributed by atoms with Gasteiger partial charge in [-0.2, -0.15) is 0 Å². The van der Waals surface area contributed by atoms with Crippen LogP contribution in [-0.4, -0.2) is 11.2 Å². The van der Waals surface area contributed by atoms with Crippen molar-refractivity contribution in [3.8, 4) is 0 Å². The average Bonchev–Trinajstić information content (AvgIpc) is 2.12. The first-order valence-electron chi connectivity index (χ1n) is 4.55. The maximum atomic E-state index is 9.62. The molecule has 0 aromatic heterocycles.